The summed E-state index contributed by atoms with van der Waals surface area (Å²) in [6.07, 6.45) is 0. The highest BCUT2D eigenvalue weighted by Crippen LogP contribution is 2.35. The number of benzene rings is 1. The quantitative estimate of drug-likeness (QED) is 0.910. The van der Waals surface area contributed by atoms with Crippen LogP contribution in [0.2, 0.25) is 0 Å². The first-order valence-electron chi connectivity index (χ1n) is 4.84. The van der Waals surface area contributed by atoms with Crippen molar-refractivity contribution in [1.82, 2.24) is 0 Å². The molecule has 0 saturated heterocycles. The van der Waals surface area contributed by atoms with Gasteiger partial charge in [-0.1, -0.05) is 35.0 Å². The zero-order chi connectivity index (χ0) is 11.6. The third-order valence-corrected chi connectivity index (χ3v) is 3.53. The zero-order valence-electron chi connectivity index (χ0n) is 9.12. The molecule has 0 amide bonds. The second-order valence-corrected chi connectivity index (χ2v) is 5.22. The average Bonchev–Trinajstić information content (AvgIpc) is 2.17. The molecule has 1 aromatic carbocycles. The van der Waals surface area contributed by atoms with Crippen LogP contribution in [-0.4, -0.2) is 11.1 Å². The number of carbonyl (C=O) groups is 1. The van der Waals surface area contributed by atoms with Crippen LogP contribution in [0, 0.1) is 5.41 Å². The topological polar surface area (TPSA) is 37.3 Å². The highest BCUT2D eigenvalue weighted by Gasteiger charge is 2.34. The Bertz CT molecular complexity index is 354. The minimum atomic E-state index is -0.766. The molecule has 1 aromatic rings. The van der Waals surface area contributed by atoms with E-state index in [-0.39, 0.29) is 5.92 Å². The molecule has 0 radical (unpaired) electrons. The number of hydrogen-bond acceptors (Lipinski definition) is 1. The molecule has 0 fully saturated rings. The summed E-state index contributed by atoms with van der Waals surface area (Å²) in [6.45, 7) is 5.45. The Morgan fingerprint density at radius 2 is 1.80 bits per heavy atom. The number of carboxylic acids is 1. The Kier molecular flexibility index (Phi) is 3.55. The van der Waals surface area contributed by atoms with Crippen molar-refractivity contribution in [3.8, 4) is 0 Å². The highest BCUT2D eigenvalue weighted by atomic mass is 79.9. The molecular formula is C12H15BrO2. The van der Waals surface area contributed by atoms with E-state index in [9.17, 15) is 4.79 Å². The fourth-order valence-electron chi connectivity index (χ4n) is 1.35. The summed E-state index contributed by atoms with van der Waals surface area (Å²) < 4.78 is 1.01. The Morgan fingerprint density at radius 1 is 1.33 bits per heavy atom. The summed E-state index contributed by atoms with van der Waals surface area (Å²) in [5.41, 5.74) is 0.305. The maximum Gasteiger partial charge on any atom is 0.309 e. The molecule has 82 valence electrons. The van der Waals surface area contributed by atoms with E-state index in [1.807, 2.05) is 31.2 Å². The lowest BCUT2D eigenvalue weighted by Crippen LogP contribution is -2.29. The third kappa shape index (κ3) is 2.59. The van der Waals surface area contributed by atoms with E-state index in [4.69, 9.17) is 5.11 Å². The second kappa shape index (κ2) is 4.35. The molecule has 1 atom stereocenters. The Morgan fingerprint density at radius 3 is 2.20 bits per heavy atom. The van der Waals surface area contributed by atoms with Gasteiger partial charge in [-0.2, -0.15) is 0 Å². The van der Waals surface area contributed by atoms with Crippen molar-refractivity contribution < 1.29 is 9.90 Å². The molecule has 2 nitrogen and oxygen atoms in total. The highest BCUT2D eigenvalue weighted by molar-refractivity contribution is 9.10. The van der Waals surface area contributed by atoms with Crippen LogP contribution in [0.15, 0.2) is 28.7 Å². The predicted molar refractivity (Wildman–Crippen MR) is 64.0 cm³/mol. The van der Waals surface area contributed by atoms with Crippen molar-refractivity contribution in [2.45, 2.75) is 26.7 Å². The first kappa shape index (κ1) is 12.2. The van der Waals surface area contributed by atoms with E-state index in [0.29, 0.717) is 0 Å². The Balaban J connectivity index is 2.99. The van der Waals surface area contributed by atoms with Gasteiger partial charge >= 0.3 is 5.97 Å². The van der Waals surface area contributed by atoms with E-state index in [0.717, 1.165) is 10.0 Å². The van der Waals surface area contributed by atoms with Gasteiger partial charge in [-0.25, -0.2) is 0 Å². The number of hydrogen-bond donors (Lipinski definition) is 1. The molecule has 15 heavy (non-hydrogen) atoms. The first-order valence-corrected chi connectivity index (χ1v) is 5.64. The molecule has 1 N–H and O–H groups in total. The van der Waals surface area contributed by atoms with Gasteiger partial charge in [0.2, 0.25) is 0 Å². The maximum atomic E-state index is 11.1. The minimum Gasteiger partial charge on any atom is -0.481 e. The van der Waals surface area contributed by atoms with Crippen LogP contribution >= 0.6 is 15.9 Å². The summed E-state index contributed by atoms with van der Waals surface area (Å²) in [7, 11) is 0. The number of carboxylic acid groups (broad SMARTS) is 1. The van der Waals surface area contributed by atoms with Crippen LogP contribution in [0.25, 0.3) is 0 Å². The molecule has 0 aliphatic rings. The average molecular weight is 271 g/mol. The second-order valence-electron chi connectivity index (χ2n) is 4.30. The molecule has 1 unspecified atom stereocenters. The van der Waals surface area contributed by atoms with Crippen LogP contribution in [0.3, 0.4) is 0 Å². The van der Waals surface area contributed by atoms with Crippen molar-refractivity contribution in [1.29, 1.82) is 0 Å². The molecular weight excluding hydrogens is 256 g/mol. The fraction of sp³-hybridized carbons (Fsp3) is 0.417. The van der Waals surface area contributed by atoms with Crippen molar-refractivity contribution in [2.75, 3.05) is 0 Å². The van der Waals surface area contributed by atoms with Crippen LogP contribution in [0.5, 0.6) is 0 Å². The first-order chi connectivity index (χ1) is 6.85. The summed E-state index contributed by atoms with van der Waals surface area (Å²) in [5.74, 6) is -0.777. The van der Waals surface area contributed by atoms with Gasteiger partial charge in [0.25, 0.3) is 0 Å². The van der Waals surface area contributed by atoms with E-state index in [1.165, 1.54) is 0 Å². The van der Waals surface area contributed by atoms with Crippen molar-refractivity contribution in [3.05, 3.63) is 34.3 Å². The Hall–Kier alpha value is -0.830. The largest absolute Gasteiger partial charge is 0.481 e. The van der Waals surface area contributed by atoms with E-state index in [1.54, 1.807) is 13.8 Å². The molecule has 0 aliphatic carbocycles. The van der Waals surface area contributed by atoms with Crippen LogP contribution < -0.4 is 0 Å². The normalized spacial score (nSPS) is 13.6. The van der Waals surface area contributed by atoms with Gasteiger partial charge in [0.1, 0.15) is 0 Å². The molecule has 0 saturated carbocycles. The minimum absolute atomic E-state index is 0.0110. The molecule has 1 rings (SSSR count). The lowest BCUT2D eigenvalue weighted by atomic mass is 9.76. The summed E-state index contributed by atoms with van der Waals surface area (Å²) in [4.78, 5) is 11.1. The van der Waals surface area contributed by atoms with E-state index < -0.39 is 11.4 Å². The van der Waals surface area contributed by atoms with Crippen LogP contribution in [-0.2, 0) is 4.79 Å². The van der Waals surface area contributed by atoms with Crippen LogP contribution in [0.1, 0.15) is 32.3 Å². The SMILES string of the molecule is CC(c1ccc(Br)cc1)C(C)(C)C(=O)O. The molecule has 0 aromatic heterocycles. The maximum absolute atomic E-state index is 11.1. The smallest absolute Gasteiger partial charge is 0.309 e. The summed E-state index contributed by atoms with van der Waals surface area (Å²) >= 11 is 3.36. The molecule has 3 heteroatoms. The molecule has 0 spiro atoms. The summed E-state index contributed by atoms with van der Waals surface area (Å²) in [6, 6.07) is 7.78. The number of aliphatic carboxylic acids is 1. The van der Waals surface area contributed by atoms with Crippen LogP contribution in [0.4, 0.5) is 0 Å². The van der Waals surface area contributed by atoms with Gasteiger partial charge in [0, 0.05) is 4.47 Å². The number of rotatable bonds is 3. The lowest BCUT2D eigenvalue weighted by molar-refractivity contribution is -0.148. The van der Waals surface area contributed by atoms with Gasteiger partial charge in [0.05, 0.1) is 5.41 Å². The van der Waals surface area contributed by atoms with Gasteiger partial charge in [0.15, 0.2) is 0 Å². The van der Waals surface area contributed by atoms with Gasteiger partial charge in [-0.3, -0.25) is 4.79 Å². The molecule has 0 heterocycles. The van der Waals surface area contributed by atoms with E-state index >= 15 is 0 Å². The van der Waals surface area contributed by atoms with Crippen molar-refractivity contribution >= 4 is 21.9 Å². The fourth-order valence-corrected chi connectivity index (χ4v) is 1.62. The predicted octanol–water partition coefficient (Wildman–Crippen LogP) is 3.66. The zero-order valence-corrected chi connectivity index (χ0v) is 10.7. The van der Waals surface area contributed by atoms with Gasteiger partial charge < -0.3 is 5.11 Å². The summed E-state index contributed by atoms with van der Waals surface area (Å²) in [5, 5.41) is 9.12. The third-order valence-electron chi connectivity index (χ3n) is 3.00. The van der Waals surface area contributed by atoms with Crippen molar-refractivity contribution in [3.63, 3.8) is 0 Å². The number of halogens is 1. The standard InChI is InChI=1S/C12H15BrO2/c1-8(12(2,3)11(14)15)9-4-6-10(13)7-5-9/h4-8H,1-3H3,(H,14,15). The van der Waals surface area contributed by atoms with E-state index in [2.05, 4.69) is 15.9 Å². The van der Waals surface area contributed by atoms with Gasteiger partial charge in [-0.05, 0) is 37.5 Å². The Labute approximate surface area is 98.4 Å². The van der Waals surface area contributed by atoms with Gasteiger partial charge in [-0.15, -0.1) is 0 Å². The molecule has 0 bridgehead atoms. The molecule has 0 aliphatic heterocycles. The lowest BCUT2D eigenvalue weighted by Gasteiger charge is -2.27. The monoisotopic (exact) mass is 270 g/mol. The van der Waals surface area contributed by atoms with Crippen molar-refractivity contribution in [2.24, 2.45) is 5.41 Å².